The first-order chi connectivity index (χ1) is 20.7. The number of anilines is 1. The summed E-state index contributed by atoms with van der Waals surface area (Å²) in [4.78, 5) is 45.4. The third-order valence-corrected chi connectivity index (χ3v) is 9.70. The molecule has 0 N–H and O–H groups in total. The summed E-state index contributed by atoms with van der Waals surface area (Å²) in [5.41, 5.74) is 0.718. The molecule has 43 heavy (non-hydrogen) atoms. The van der Waals surface area contributed by atoms with Crippen molar-refractivity contribution in [3.05, 3.63) is 103 Å². The summed E-state index contributed by atoms with van der Waals surface area (Å²) in [7, 11) is 0. The van der Waals surface area contributed by atoms with Crippen LogP contribution in [-0.2, 0) is 9.59 Å². The number of amides is 2. The van der Waals surface area contributed by atoms with Gasteiger partial charge in [-0.1, -0.05) is 78.5 Å². The number of hydrogen-bond donors (Lipinski definition) is 0. The zero-order valence-electron chi connectivity index (χ0n) is 24.3. The fourth-order valence-corrected chi connectivity index (χ4v) is 6.41. The Morgan fingerprint density at radius 2 is 1.12 bits per heavy atom. The van der Waals surface area contributed by atoms with Crippen LogP contribution in [-0.4, -0.2) is 31.3 Å². The van der Waals surface area contributed by atoms with E-state index in [2.05, 4.69) is 24.3 Å². The van der Waals surface area contributed by atoms with Crippen LogP contribution >= 0.6 is 11.8 Å². The Labute approximate surface area is 253 Å². The molecule has 0 aliphatic carbocycles. The minimum Gasteiger partial charge on any atom is -0.278 e. The van der Waals surface area contributed by atoms with Crippen molar-refractivity contribution < 1.29 is 9.59 Å². The van der Waals surface area contributed by atoms with Gasteiger partial charge in [-0.25, -0.2) is 4.90 Å². The first kappa shape index (κ1) is 27.0. The third-order valence-electron chi connectivity index (χ3n) is 8.70. The average Bonchev–Trinajstić information content (AvgIpc) is 3.41. The van der Waals surface area contributed by atoms with Crippen LogP contribution in [0.5, 0.6) is 0 Å². The maximum Gasteiger partial charge on any atom is 0.244 e. The molecule has 0 saturated carbocycles. The summed E-state index contributed by atoms with van der Waals surface area (Å²) in [5.74, 6) is 0.0705. The molecule has 2 amide bonds. The maximum atomic E-state index is 13.8. The Kier molecular flexibility index (Phi) is 6.21. The number of benzene rings is 4. The predicted octanol–water partition coefficient (Wildman–Crippen LogP) is 7.71. The molecule has 3 heterocycles. The van der Waals surface area contributed by atoms with E-state index in [0.717, 1.165) is 42.1 Å². The fraction of sp³-hybridized carbons (Fsp3) is 0.171. The number of imide groups is 1. The molecule has 7 nitrogen and oxygen atoms in total. The van der Waals surface area contributed by atoms with Gasteiger partial charge in [0, 0.05) is 26.1 Å². The number of rotatable bonds is 5. The van der Waals surface area contributed by atoms with Gasteiger partial charge in [-0.15, -0.1) is 0 Å². The lowest BCUT2D eigenvalue weighted by Gasteiger charge is -2.28. The number of aromatic nitrogens is 4. The van der Waals surface area contributed by atoms with Crippen molar-refractivity contribution in [1.82, 2.24) is 19.5 Å². The lowest BCUT2D eigenvalue weighted by atomic mass is 9.70. The summed E-state index contributed by atoms with van der Waals surface area (Å²) in [6, 6.07) is 34.2. The van der Waals surface area contributed by atoms with E-state index in [1.807, 2.05) is 83.4 Å². The second-order valence-electron chi connectivity index (χ2n) is 11.8. The highest BCUT2D eigenvalue weighted by Gasteiger charge is 2.60. The van der Waals surface area contributed by atoms with Gasteiger partial charge in [0.1, 0.15) is 0 Å². The molecule has 6 aromatic rings. The van der Waals surface area contributed by atoms with Crippen LogP contribution < -0.4 is 4.90 Å². The molecule has 7 rings (SSSR count). The van der Waals surface area contributed by atoms with Gasteiger partial charge < -0.3 is 0 Å². The zero-order valence-corrected chi connectivity index (χ0v) is 25.1. The molecule has 0 bridgehead atoms. The minimum atomic E-state index is -0.934. The number of carbonyl (C=O) groups is 2. The van der Waals surface area contributed by atoms with Gasteiger partial charge in [-0.05, 0) is 64.1 Å². The summed E-state index contributed by atoms with van der Waals surface area (Å²) in [5, 5.41) is 2.11. The van der Waals surface area contributed by atoms with Gasteiger partial charge in [0.05, 0.1) is 21.9 Å². The van der Waals surface area contributed by atoms with E-state index in [9.17, 15) is 9.59 Å². The first-order valence-electron chi connectivity index (χ1n) is 14.1. The SMILES string of the molecule is CC1(C)C(=O)N(c2nc(-c3cccc(Sc4ccccc4)c3)nc(-n3c4ccccc4c4ccccc43)n2)C(=O)C1(C)C. The third kappa shape index (κ3) is 4.24. The summed E-state index contributed by atoms with van der Waals surface area (Å²) < 4.78 is 1.98. The Hall–Kier alpha value is -4.82. The topological polar surface area (TPSA) is 81.0 Å². The summed E-state index contributed by atoms with van der Waals surface area (Å²) in [6.45, 7) is 7.20. The van der Waals surface area contributed by atoms with Gasteiger partial charge in [-0.3, -0.25) is 14.2 Å². The predicted molar refractivity (Wildman–Crippen MR) is 170 cm³/mol. The number of nitrogens with zero attached hydrogens (tertiary/aromatic N) is 5. The molecular formula is C35H29N5O2S. The van der Waals surface area contributed by atoms with Gasteiger partial charge in [0.15, 0.2) is 5.82 Å². The van der Waals surface area contributed by atoms with E-state index in [1.165, 1.54) is 0 Å². The Morgan fingerprint density at radius 3 is 1.74 bits per heavy atom. The first-order valence-corrected chi connectivity index (χ1v) is 15.0. The van der Waals surface area contributed by atoms with E-state index >= 15 is 0 Å². The Morgan fingerprint density at radius 1 is 0.581 bits per heavy atom. The molecule has 0 spiro atoms. The highest BCUT2D eigenvalue weighted by molar-refractivity contribution is 7.99. The molecule has 4 aromatic carbocycles. The standard InChI is InChI=1S/C35H29N5O2S/c1-34(2)30(41)40(31(42)35(34,3)4)33-37-29(22-13-12-16-24(21-22)43-23-14-6-5-7-15-23)36-32(38-33)39-27-19-10-8-17-25(27)26-18-9-11-20-28(26)39/h5-21H,1-4H3. The normalized spacial score (nSPS) is 16.0. The highest BCUT2D eigenvalue weighted by atomic mass is 32.2. The van der Waals surface area contributed by atoms with E-state index in [0.29, 0.717) is 11.8 Å². The maximum absolute atomic E-state index is 13.8. The van der Waals surface area contributed by atoms with Gasteiger partial charge >= 0.3 is 0 Å². The number of fused-ring (bicyclic) bond motifs is 3. The molecule has 8 heteroatoms. The van der Waals surface area contributed by atoms with Crippen molar-refractivity contribution >= 4 is 51.3 Å². The second kappa shape index (κ2) is 9.88. The van der Waals surface area contributed by atoms with Crippen molar-refractivity contribution in [2.75, 3.05) is 4.90 Å². The molecule has 0 unspecified atom stereocenters. The van der Waals surface area contributed by atoms with Crippen LogP contribution in [0.15, 0.2) is 113 Å². The smallest absolute Gasteiger partial charge is 0.244 e. The molecule has 2 aromatic heterocycles. The number of hydrogen-bond acceptors (Lipinski definition) is 6. The van der Waals surface area contributed by atoms with E-state index < -0.39 is 10.8 Å². The summed E-state index contributed by atoms with van der Waals surface area (Å²) >= 11 is 1.64. The monoisotopic (exact) mass is 583 g/mol. The van der Waals surface area contributed by atoms with Crippen LogP contribution in [0.2, 0.25) is 0 Å². The lowest BCUT2D eigenvalue weighted by molar-refractivity contribution is -0.129. The summed E-state index contributed by atoms with van der Waals surface area (Å²) in [6.07, 6.45) is 0. The fourth-order valence-electron chi connectivity index (χ4n) is 5.51. The molecule has 1 aliphatic rings. The lowest BCUT2D eigenvalue weighted by Crippen LogP contribution is -2.35. The van der Waals surface area contributed by atoms with Crippen molar-refractivity contribution in [2.24, 2.45) is 10.8 Å². The quantitative estimate of drug-likeness (QED) is 0.193. The molecule has 0 radical (unpaired) electrons. The second-order valence-corrected chi connectivity index (χ2v) is 12.9. The van der Waals surface area contributed by atoms with Crippen LogP contribution in [0.4, 0.5) is 5.95 Å². The molecule has 1 aliphatic heterocycles. The number of carbonyl (C=O) groups excluding carboxylic acids is 2. The van der Waals surface area contributed by atoms with Gasteiger partial charge in [-0.2, -0.15) is 15.0 Å². The molecular weight excluding hydrogens is 554 g/mol. The van der Waals surface area contributed by atoms with E-state index in [4.69, 9.17) is 15.0 Å². The van der Waals surface area contributed by atoms with Gasteiger partial charge in [0.25, 0.3) is 0 Å². The number of para-hydroxylation sites is 2. The largest absolute Gasteiger partial charge is 0.278 e. The molecule has 1 fully saturated rings. The highest BCUT2D eigenvalue weighted by Crippen LogP contribution is 2.48. The van der Waals surface area contributed by atoms with Crippen molar-refractivity contribution in [2.45, 2.75) is 37.5 Å². The average molecular weight is 584 g/mol. The molecule has 1 saturated heterocycles. The van der Waals surface area contributed by atoms with Crippen molar-refractivity contribution in [1.29, 1.82) is 0 Å². The van der Waals surface area contributed by atoms with E-state index in [-0.39, 0.29) is 17.8 Å². The zero-order chi connectivity index (χ0) is 29.9. The van der Waals surface area contributed by atoms with Crippen molar-refractivity contribution in [3.8, 4) is 17.3 Å². The minimum absolute atomic E-state index is 0.0247. The van der Waals surface area contributed by atoms with E-state index in [1.54, 1.807) is 39.5 Å². The molecule has 0 atom stereocenters. The van der Waals surface area contributed by atoms with Crippen LogP contribution in [0, 0.1) is 10.8 Å². The van der Waals surface area contributed by atoms with Crippen LogP contribution in [0.25, 0.3) is 39.1 Å². The van der Waals surface area contributed by atoms with Gasteiger partial charge in [0.2, 0.25) is 23.7 Å². The Bertz CT molecular complexity index is 1990. The Balaban J connectivity index is 1.46. The van der Waals surface area contributed by atoms with Crippen LogP contribution in [0.1, 0.15) is 27.7 Å². The van der Waals surface area contributed by atoms with Crippen LogP contribution in [0.3, 0.4) is 0 Å². The van der Waals surface area contributed by atoms with Crippen molar-refractivity contribution in [3.63, 3.8) is 0 Å². The molecule has 212 valence electrons.